The Morgan fingerprint density at radius 1 is 1.04 bits per heavy atom. The molecule has 5 rings (SSSR count). The molecule has 2 aromatic heterocycles. The first-order valence-electron chi connectivity index (χ1n) is 9.42. The second kappa shape index (κ2) is 6.20. The maximum Gasteiger partial charge on any atom is 0.416 e. The number of anilines is 1. The van der Waals surface area contributed by atoms with Gasteiger partial charge in [0.1, 0.15) is 5.82 Å². The fraction of sp³-hybridized carbons (Fsp3) is 0.400. The molecule has 0 aliphatic carbocycles. The van der Waals surface area contributed by atoms with E-state index in [4.69, 9.17) is 0 Å². The monoisotopic (exact) mass is 387 g/mol. The summed E-state index contributed by atoms with van der Waals surface area (Å²) < 4.78 is 40.9. The summed E-state index contributed by atoms with van der Waals surface area (Å²) in [6.07, 6.45) is -0.458. The van der Waals surface area contributed by atoms with Gasteiger partial charge in [0, 0.05) is 24.1 Å². The summed E-state index contributed by atoms with van der Waals surface area (Å²) in [7, 11) is 0. The number of benzene rings is 1. The van der Waals surface area contributed by atoms with Crippen molar-refractivity contribution < 1.29 is 13.2 Å². The molecule has 0 amide bonds. The number of fused-ring (bicyclic) bond motifs is 1. The van der Waals surface area contributed by atoms with Gasteiger partial charge in [-0.3, -0.25) is 0 Å². The average molecular weight is 387 g/mol. The van der Waals surface area contributed by atoms with Crippen molar-refractivity contribution in [1.29, 1.82) is 0 Å². The molecule has 2 aliphatic heterocycles. The van der Waals surface area contributed by atoms with Crippen molar-refractivity contribution in [3.63, 3.8) is 0 Å². The summed E-state index contributed by atoms with van der Waals surface area (Å²) in [6, 6.07) is 9.09. The Bertz CT molecular complexity index is 1010. The van der Waals surface area contributed by atoms with Crippen LogP contribution in [0.5, 0.6) is 0 Å². The minimum absolute atomic E-state index is 0.376. The second-order valence-corrected chi connectivity index (χ2v) is 7.79. The lowest BCUT2D eigenvalue weighted by molar-refractivity contribution is -0.137. The molecular formula is C20H20F3N5. The molecule has 1 N–H and O–H groups in total. The van der Waals surface area contributed by atoms with Gasteiger partial charge in [0.15, 0.2) is 5.65 Å². The van der Waals surface area contributed by atoms with Crippen LogP contribution in [0.1, 0.15) is 18.4 Å². The molecule has 3 aromatic rings. The SMILES string of the molecule is FC(F)(F)c1cccc(-c2cnc3ccc(N4CC5(CCNCC5)C4)nn23)c1. The highest BCUT2D eigenvalue weighted by Crippen LogP contribution is 2.40. The van der Waals surface area contributed by atoms with Crippen molar-refractivity contribution in [1.82, 2.24) is 19.9 Å². The molecule has 1 aromatic carbocycles. The van der Waals surface area contributed by atoms with Crippen LogP contribution in [-0.2, 0) is 6.18 Å². The first kappa shape index (κ1) is 17.5. The molecule has 8 heteroatoms. The Balaban J connectivity index is 1.46. The van der Waals surface area contributed by atoms with E-state index >= 15 is 0 Å². The molecule has 28 heavy (non-hydrogen) atoms. The highest BCUT2D eigenvalue weighted by Gasteiger charge is 2.44. The number of hydrogen-bond donors (Lipinski definition) is 1. The number of nitrogens with zero attached hydrogens (tertiary/aromatic N) is 4. The number of imidazole rings is 1. The van der Waals surface area contributed by atoms with E-state index in [1.54, 1.807) is 16.8 Å². The number of nitrogens with one attached hydrogen (secondary N) is 1. The largest absolute Gasteiger partial charge is 0.416 e. The fourth-order valence-corrected chi connectivity index (χ4v) is 4.28. The predicted molar refractivity (Wildman–Crippen MR) is 100 cm³/mol. The van der Waals surface area contributed by atoms with E-state index in [0.717, 1.165) is 44.1 Å². The minimum Gasteiger partial charge on any atom is -0.354 e. The van der Waals surface area contributed by atoms with Gasteiger partial charge in [0.25, 0.3) is 0 Å². The molecule has 2 aliphatic rings. The molecule has 146 valence electrons. The predicted octanol–water partition coefficient (Wildman–Crippen LogP) is 3.60. The van der Waals surface area contributed by atoms with E-state index in [0.29, 0.717) is 22.3 Å². The van der Waals surface area contributed by atoms with E-state index < -0.39 is 11.7 Å². The third-order valence-corrected chi connectivity index (χ3v) is 5.87. The van der Waals surface area contributed by atoms with Crippen LogP contribution in [0.3, 0.4) is 0 Å². The molecule has 0 bridgehead atoms. The molecule has 0 atom stereocenters. The maximum absolute atomic E-state index is 13.1. The van der Waals surface area contributed by atoms with Crippen LogP contribution in [0.2, 0.25) is 0 Å². The van der Waals surface area contributed by atoms with Gasteiger partial charge in [0.2, 0.25) is 0 Å². The Labute approximate surface area is 160 Å². The molecule has 2 saturated heterocycles. The molecule has 0 radical (unpaired) electrons. The average Bonchev–Trinajstić information content (AvgIpc) is 3.09. The summed E-state index contributed by atoms with van der Waals surface area (Å²) >= 11 is 0. The Morgan fingerprint density at radius 3 is 2.57 bits per heavy atom. The normalized spacial score (nSPS) is 19.2. The first-order chi connectivity index (χ1) is 13.4. The molecule has 5 nitrogen and oxygen atoms in total. The first-order valence-corrected chi connectivity index (χ1v) is 9.42. The van der Waals surface area contributed by atoms with Gasteiger partial charge < -0.3 is 10.2 Å². The maximum atomic E-state index is 13.1. The lowest BCUT2D eigenvalue weighted by Gasteiger charge is -2.53. The smallest absolute Gasteiger partial charge is 0.354 e. The van der Waals surface area contributed by atoms with Crippen molar-refractivity contribution >= 4 is 11.5 Å². The van der Waals surface area contributed by atoms with Crippen LogP contribution < -0.4 is 10.2 Å². The fourth-order valence-electron chi connectivity index (χ4n) is 4.28. The minimum atomic E-state index is -4.38. The quantitative estimate of drug-likeness (QED) is 0.730. The third-order valence-electron chi connectivity index (χ3n) is 5.87. The molecule has 0 saturated carbocycles. The van der Waals surface area contributed by atoms with Gasteiger partial charge in [-0.1, -0.05) is 12.1 Å². The summed E-state index contributed by atoms with van der Waals surface area (Å²) in [5.74, 6) is 0.836. The van der Waals surface area contributed by atoms with Crippen LogP contribution in [0, 0.1) is 5.41 Å². The number of rotatable bonds is 2. The molecule has 2 fully saturated rings. The number of hydrogen-bond acceptors (Lipinski definition) is 4. The van der Waals surface area contributed by atoms with Crippen molar-refractivity contribution in [3.05, 3.63) is 48.2 Å². The number of aromatic nitrogens is 3. The molecule has 1 spiro atoms. The Hall–Kier alpha value is -2.61. The zero-order valence-electron chi connectivity index (χ0n) is 15.2. The van der Waals surface area contributed by atoms with Crippen LogP contribution in [0.25, 0.3) is 16.9 Å². The summed E-state index contributed by atoms with van der Waals surface area (Å²) in [5, 5.41) is 8.08. The van der Waals surface area contributed by atoms with Gasteiger partial charge in [-0.25, -0.2) is 9.50 Å². The van der Waals surface area contributed by atoms with Crippen molar-refractivity contribution in [3.8, 4) is 11.3 Å². The van der Waals surface area contributed by atoms with Gasteiger partial charge in [-0.2, -0.15) is 13.2 Å². The van der Waals surface area contributed by atoms with Crippen molar-refractivity contribution in [2.24, 2.45) is 5.41 Å². The van der Waals surface area contributed by atoms with Crippen LogP contribution >= 0.6 is 0 Å². The molecule has 0 unspecified atom stereocenters. The van der Waals surface area contributed by atoms with Gasteiger partial charge in [-0.15, -0.1) is 5.10 Å². The Kier molecular flexibility index (Phi) is 3.87. The van der Waals surface area contributed by atoms with E-state index in [1.807, 2.05) is 12.1 Å². The van der Waals surface area contributed by atoms with Crippen molar-refractivity contribution in [2.45, 2.75) is 19.0 Å². The van der Waals surface area contributed by atoms with E-state index in [1.165, 1.54) is 18.9 Å². The van der Waals surface area contributed by atoms with Gasteiger partial charge in [-0.05, 0) is 50.2 Å². The second-order valence-electron chi connectivity index (χ2n) is 7.79. The zero-order valence-corrected chi connectivity index (χ0v) is 15.2. The lowest BCUT2D eigenvalue weighted by Crippen LogP contribution is -2.60. The number of halogens is 3. The van der Waals surface area contributed by atoms with E-state index in [9.17, 15) is 13.2 Å². The van der Waals surface area contributed by atoms with E-state index in [-0.39, 0.29) is 0 Å². The molecular weight excluding hydrogens is 367 g/mol. The van der Waals surface area contributed by atoms with Gasteiger partial charge >= 0.3 is 6.18 Å². The van der Waals surface area contributed by atoms with Gasteiger partial charge in [0.05, 0.1) is 17.5 Å². The highest BCUT2D eigenvalue weighted by molar-refractivity contribution is 5.64. The number of alkyl halides is 3. The third kappa shape index (κ3) is 2.92. The summed E-state index contributed by atoms with van der Waals surface area (Å²) in [4.78, 5) is 6.54. The molecule has 4 heterocycles. The summed E-state index contributed by atoms with van der Waals surface area (Å²) in [5.41, 5.74) is 1.33. The summed E-state index contributed by atoms with van der Waals surface area (Å²) in [6.45, 7) is 4.06. The van der Waals surface area contributed by atoms with Crippen molar-refractivity contribution in [2.75, 3.05) is 31.1 Å². The topological polar surface area (TPSA) is 45.5 Å². The van der Waals surface area contributed by atoms with Crippen LogP contribution in [0.4, 0.5) is 19.0 Å². The van der Waals surface area contributed by atoms with E-state index in [2.05, 4.69) is 20.3 Å². The highest BCUT2D eigenvalue weighted by atomic mass is 19.4. The van der Waals surface area contributed by atoms with Crippen LogP contribution in [-0.4, -0.2) is 40.8 Å². The lowest BCUT2D eigenvalue weighted by atomic mass is 9.72. The number of piperidine rings is 1. The Morgan fingerprint density at radius 2 is 1.82 bits per heavy atom. The zero-order chi connectivity index (χ0) is 19.4. The standard InChI is InChI=1S/C20H20F3N5/c21-20(22,23)15-3-1-2-14(10-15)16-11-25-17-4-5-18(26-28(16)17)27-12-19(13-27)6-8-24-9-7-19/h1-5,10-11,24H,6-9,12-13H2. The van der Waals surface area contributed by atoms with Crippen LogP contribution in [0.15, 0.2) is 42.6 Å².